The van der Waals surface area contributed by atoms with E-state index in [-0.39, 0.29) is 18.4 Å². The number of carbonyl (C=O) groups excluding carboxylic acids is 2. The number of halogens is 2. The highest BCUT2D eigenvalue weighted by molar-refractivity contribution is 6.31. The average molecular weight is 435 g/mol. The summed E-state index contributed by atoms with van der Waals surface area (Å²) >= 11 is 6.02. The van der Waals surface area contributed by atoms with Crippen LogP contribution in [0.4, 0.5) is 4.39 Å². The first-order chi connectivity index (χ1) is 14.5. The van der Waals surface area contributed by atoms with Crippen LogP contribution in [0.25, 0.3) is 0 Å². The van der Waals surface area contributed by atoms with Crippen molar-refractivity contribution in [3.63, 3.8) is 0 Å². The van der Waals surface area contributed by atoms with Crippen LogP contribution in [-0.4, -0.2) is 49.6 Å². The molecule has 0 radical (unpaired) electrons. The van der Waals surface area contributed by atoms with E-state index in [1.54, 1.807) is 29.2 Å². The fourth-order valence-electron chi connectivity index (χ4n) is 3.12. The number of ether oxygens (including phenoxy) is 2. The van der Waals surface area contributed by atoms with E-state index in [4.69, 9.17) is 21.1 Å². The predicted octanol–water partition coefficient (Wildman–Crippen LogP) is 3.68. The van der Waals surface area contributed by atoms with Gasteiger partial charge < -0.3 is 19.7 Å². The van der Waals surface area contributed by atoms with Crippen molar-refractivity contribution >= 4 is 23.4 Å². The van der Waals surface area contributed by atoms with Crippen LogP contribution in [0.15, 0.2) is 42.5 Å². The number of fused-ring (bicyclic) bond motifs is 1. The molecule has 0 aromatic heterocycles. The Hall–Kier alpha value is -2.80. The van der Waals surface area contributed by atoms with Crippen LogP contribution in [0.5, 0.6) is 11.5 Å². The van der Waals surface area contributed by atoms with Gasteiger partial charge in [0.05, 0.1) is 12.2 Å². The maximum atomic E-state index is 13.3. The molecule has 0 spiro atoms. The number of rotatable bonds is 3. The van der Waals surface area contributed by atoms with Gasteiger partial charge in [-0.15, -0.1) is 0 Å². The van der Waals surface area contributed by atoms with Crippen molar-refractivity contribution in [2.24, 2.45) is 0 Å². The molecule has 0 unspecified atom stereocenters. The van der Waals surface area contributed by atoms with Crippen molar-refractivity contribution in [3.05, 3.63) is 58.9 Å². The molecule has 0 bridgehead atoms. The number of benzene rings is 2. The van der Waals surface area contributed by atoms with Crippen molar-refractivity contribution in [1.82, 2.24) is 10.2 Å². The first kappa shape index (κ1) is 21.9. The van der Waals surface area contributed by atoms with Gasteiger partial charge in [-0.1, -0.05) is 17.7 Å². The Bertz CT molecular complexity index is 893. The second-order valence-corrected chi connectivity index (χ2v) is 7.37. The Morgan fingerprint density at radius 3 is 2.83 bits per heavy atom. The minimum atomic E-state index is -0.414. The fraction of sp³-hybridized carbons (Fsp3) is 0.364. The van der Waals surface area contributed by atoms with E-state index in [2.05, 4.69) is 5.32 Å². The molecule has 2 amide bonds. The van der Waals surface area contributed by atoms with Gasteiger partial charge in [0.1, 0.15) is 17.3 Å². The van der Waals surface area contributed by atoms with E-state index in [9.17, 15) is 14.0 Å². The molecule has 0 fully saturated rings. The number of hydrogen-bond acceptors (Lipinski definition) is 4. The molecule has 0 saturated heterocycles. The lowest BCUT2D eigenvalue weighted by Gasteiger charge is -2.23. The Morgan fingerprint density at radius 2 is 2.00 bits per heavy atom. The lowest BCUT2D eigenvalue weighted by Crippen LogP contribution is -2.37. The summed E-state index contributed by atoms with van der Waals surface area (Å²) in [5.41, 5.74) is 0.401. The van der Waals surface area contributed by atoms with Gasteiger partial charge in [-0.3, -0.25) is 9.59 Å². The summed E-state index contributed by atoms with van der Waals surface area (Å²) in [5.74, 6) is -0.0458. The van der Waals surface area contributed by atoms with Gasteiger partial charge >= 0.3 is 0 Å². The predicted molar refractivity (Wildman–Crippen MR) is 112 cm³/mol. The Morgan fingerprint density at radius 1 is 1.17 bits per heavy atom. The highest BCUT2D eigenvalue weighted by Gasteiger charge is 2.17. The molecule has 1 heterocycles. The van der Waals surface area contributed by atoms with Crippen molar-refractivity contribution in [2.45, 2.75) is 19.3 Å². The van der Waals surface area contributed by atoms with Gasteiger partial charge in [-0.05, 0) is 49.6 Å². The largest absolute Gasteiger partial charge is 0.493 e. The average Bonchev–Trinajstić information content (AvgIpc) is 2.74. The molecule has 2 aromatic rings. The van der Waals surface area contributed by atoms with Crippen molar-refractivity contribution in [3.8, 4) is 11.5 Å². The monoisotopic (exact) mass is 434 g/mol. The fourth-order valence-corrected chi connectivity index (χ4v) is 3.29. The third kappa shape index (κ3) is 6.35. The van der Waals surface area contributed by atoms with Gasteiger partial charge in [0.2, 0.25) is 0 Å². The maximum Gasteiger partial charge on any atom is 0.260 e. The minimum Gasteiger partial charge on any atom is -0.493 e. The lowest BCUT2D eigenvalue weighted by atomic mass is 10.2. The van der Waals surface area contributed by atoms with Gasteiger partial charge in [-0.25, -0.2) is 4.39 Å². The minimum absolute atomic E-state index is 0.164. The van der Waals surface area contributed by atoms with E-state index in [0.29, 0.717) is 54.7 Å². The number of nitrogens with zero attached hydrogens (tertiary/aromatic N) is 1. The molecule has 8 heteroatoms. The summed E-state index contributed by atoms with van der Waals surface area (Å²) in [5, 5.41) is 3.32. The second kappa shape index (κ2) is 10.8. The molecular formula is C22H24ClFN2O4. The molecule has 1 N–H and O–H groups in total. The standard InChI is InChI=1S/C22H24ClFN2O4/c23-16-7-8-20-19(13-16)22(28)25-9-1-2-10-26(11-4-12-29-20)21(27)15-30-18-6-3-5-17(24)14-18/h3,5-8,13-14H,1-2,4,9-12,15H2,(H,25,28). The highest BCUT2D eigenvalue weighted by atomic mass is 35.5. The molecule has 0 atom stereocenters. The molecule has 2 aromatic carbocycles. The molecule has 6 nitrogen and oxygen atoms in total. The van der Waals surface area contributed by atoms with Gasteiger partial charge in [0, 0.05) is 30.7 Å². The number of nitrogens with one attached hydrogen (secondary N) is 1. The smallest absolute Gasteiger partial charge is 0.260 e. The zero-order valence-corrected chi connectivity index (χ0v) is 17.3. The highest BCUT2D eigenvalue weighted by Crippen LogP contribution is 2.23. The number of amides is 2. The first-order valence-electron chi connectivity index (χ1n) is 9.89. The Kier molecular flexibility index (Phi) is 7.90. The Balaban J connectivity index is 1.60. The maximum absolute atomic E-state index is 13.3. The van der Waals surface area contributed by atoms with Crippen LogP contribution in [0.2, 0.25) is 5.02 Å². The third-order valence-electron chi connectivity index (χ3n) is 4.67. The molecular weight excluding hydrogens is 411 g/mol. The van der Waals surface area contributed by atoms with Crippen LogP contribution < -0.4 is 14.8 Å². The van der Waals surface area contributed by atoms with Crippen molar-refractivity contribution in [1.29, 1.82) is 0 Å². The summed E-state index contributed by atoms with van der Waals surface area (Å²) in [6, 6.07) is 10.6. The summed E-state index contributed by atoms with van der Waals surface area (Å²) in [6.45, 7) is 1.70. The number of carbonyl (C=O) groups is 2. The van der Waals surface area contributed by atoms with E-state index >= 15 is 0 Å². The molecule has 30 heavy (non-hydrogen) atoms. The molecule has 160 valence electrons. The second-order valence-electron chi connectivity index (χ2n) is 6.93. The molecule has 1 aliphatic heterocycles. The molecule has 1 aliphatic rings. The topological polar surface area (TPSA) is 67.9 Å². The quantitative estimate of drug-likeness (QED) is 0.800. The van der Waals surface area contributed by atoms with E-state index in [0.717, 1.165) is 12.8 Å². The summed E-state index contributed by atoms with van der Waals surface area (Å²) in [6.07, 6.45) is 2.04. The molecule has 0 saturated carbocycles. The molecule has 3 rings (SSSR count). The zero-order chi connectivity index (χ0) is 21.3. The van der Waals surface area contributed by atoms with Crippen LogP contribution in [0, 0.1) is 5.82 Å². The SMILES string of the molecule is O=C1NCCCCN(C(=O)COc2cccc(F)c2)CCCOc2ccc(Cl)cc21. The van der Waals surface area contributed by atoms with Gasteiger partial charge in [0.25, 0.3) is 11.8 Å². The first-order valence-corrected chi connectivity index (χ1v) is 10.3. The summed E-state index contributed by atoms with van der Waals surface area (Å²) < 4.78 is 24.5. The Labute approximate surface area is 179 Å². The molecule has 0 aliphatic carbocycles. The zero-order valence-electron chi connectivity index (χ0n) is 16.5. The normalized spacial score (nSPS) is 15.5. The van der Waals surface area contributed by atoms with Crippen molar-refractivity contribution in [2.75, 3.05) is 32.8 Å². The summed E-state index contributed by atoms with van der Waals surface area (Å²) in [4.78, 5) is 26.7. The summed E-state index contributed by atoms with van der Waals surface area (Å²) in [7, 11) is 0. The van der Waals surface area contributed by atoms with Crippen LogP contribution in [-0.2, 0) is 4.79 Å². The van der Waals surface area contributed by atoms with Crippen LogP contribution in [0.3, 0.4) is 0 Å². The van der Waals surface area contributed by atoms with Gasteiger partial charge in [0.15, 0.2) is 6.61 Å². The lowest BCUT2D eigenvalue weighted by molar-refractivity contribution is -0.133. The van der Waals surface area contributed by atoms with Crippen molar-refractivity contribution < 1.29 is 23.5 Å². The van der Waals surface area contributed by atoms with E-state index in [1.807, 2.05) is 0 Å². The number of hydrogen-bond donors (Lipinski definition) is 1. The van der Waals surface area contributed by atoms with E-state index in [1.165, 1.54) is 18.2 Å². The van der Waals surface area contributed by atoms with Gasteiger partial charge in [-0.2, -0.15) is 0 Å². The van der Waals surface area contributed by atoms with E-state index < -0.39 is 5.82 Å². The van der Waals surface area contributed by atoms with Crippen LogP contribution in [0.1, 0.15) is 29.6 Å². The third-order valence-corrected chi connectivity index (χ3v) is 4.90. The van der Waals surface area contributed by atoms with Crippen LogP contribution >= 0.6 is 11.6 Å².